The molecule has 0 fully saturated rings. The first-order valence-corrected chi connectivity index (χ1v) is 10.1. The number of nitrogens with two attached hydrogens (primary N) is 1. The number of pyridine rings is 1. The predicted octanol–water partition coefficient (Wildman–Crippen LogP) is 5.73. The number of amides is 1. The quantitative estimate of drug-likeness (QED) is 0.294. The van der Waals surface area contributed by atoms with Crippen LogP contribution in [0.5, 0.6) is 0 Å². The summed E-state index contributed by atoms with van der Waals surface area (Å²) >= 11 is 0. The van der Waals surface area contributed by atoms with Gasteiger partial charge in [-0.2, -0.15) is 0 Å². The van der Waals surface area contributed by atoms with E-state index in [0.29, 0.717) is 0 Å². The lowest BCUT2D eigenvalue weighted by molar-refractivity contribution is -0.117. The Kier molecular flexibility index (Phi) is 5.91. The van der Waals surface area contributed by atoms with Crippen LogP contribution in [-0.2, 0) is 16.1 Å². The van der Waals surface area contributed by atoms with Crippen molar-refractivity contribution in [3.05, 3.63) is 107 Å². The van der Waals surface area contributed by atoms with Gasteiger partial charge in [0.15, 0.2) is 0 Å². The molecule has 6 nitrogen and oxygen atoms in total. The van der Waals surface area contributed by atoms with Gasteiger partial charge in [-0.25, -0.2) is 4.79 Å². The summed E-state index contributed by atoms with van der Waals surface area (Å²) in [6, 6.07) is 13.6. The second-order valence-corrected chi connectivity index (χ2v) is 7.24. The molecule has 3 aromatic carbocycles. The Morgan fingerprint density at radius 2 is 1.86 bits per heavy atom. The lowest BCUT2D eigenvalue weighted by Gasteiger charge is -2.16. The van der Waals surface area contributed by atoms with E-state index in [1.807, 2.05) is 0 Å². The molecule has 8 heteroatoms. The van der Waals surface area contributed by atoms with E-state index in [9.17, 15) is 9.59 Å². The third-order valence-electron chi connectivity index (χ3n) is 4.94. The molecule has 0 spiro atoms. The fourth-order valence-electron chi connectivity index (χ4n) is 3.22. The smallest absolute Gasteiger partial charge is 0.338 e. The summed E-state index contributed by atoms with van der Waals surface area (Å²) in [5.41, 5.74) is 3.89. The number of nitrogens with one attached hydrogen (secondary N) is 1. The van der Waals surface area contributed by atoms with Crippen LogP contribution in [-0.4, -0.2) is 23.4 Å². The van der Waals surface area contributed by atoms with Crippen molar-refractivity contribution in [1.29, 1.82) is 0 Å². The van der Waals surface area contributed by atoms with E-state index in [1.165, 1.54) is 0 Å². The van der Waals surface area contributed by atoms with Crippen molar-refractivity contribution in [3.63, 3.8) is 0 Å². The minimum atomic E-state index is -2.92. The van der Waals surface area contributed by atoms with Crippen LogP contribution in [0.15, 0.2) is 79.1 Å². The monoisotopic (exact) mass is 536 g/mol. The Balaban J connectivity index is 0.00000384. The molecule has 4 rings (SSSR count). The van der Waals surface area contributed by atoms with Crippen molar-refractivity contribution in [1.82, 2.24) is 4.98 Å². The average Bonchev–Trinajstić information content (AvgIpc) is 2.94. The lowest BCUT2D eigenvalue weighted by Crippen LogP contribution is -2.27. The molecule has 1 atom stereocenters. The molecule has 1 aromatic heterocycles. The van der Waals surface area contributed by atoms with Gasteiger partial charge in [0.2, 0.25) is 5.91 Å². The zero-order valence-corrected chi connectivity index (χ0v) is 20.2. The van der Waals surface area contributed by atoms with E-state index >= 15 is 0 Å². The molecule has 1 unspecified atom stereocenters. The largest absolute Gasteiger partial charge is 0.457 e. The van der Waals surface area contributed by atoms with Crippen molar-refractivity contribution in [2.45, 2.75) is 26.2 Å². The molecule has 0 saturated carbocycles. The number of esters is 1. The van der Waals surface area contributed by atoms with Gasteiger partial charge in [-0.15, -0.1) is 24.8 Å². The van der Waals surface area contributed by atoms with E-state index in [2.05, 4.69) is 10.3 Å². The number of hydrogen-bond donors (Lipinski definition) is 2. The van der Waals surface area contributed by atoms with Gasteiger partial charge in [0.05, 0.1) is 14.2 Å². The summed E-state index contributed by atoms with van der Waals surface area (Å²) < 4.78 is 92.4. The van der Waals surface area contributed by atoms with E-state index in [0.717, 1.165) is 53.2 Å². The van der Waals surface area contributed by atoms with Gasteiger partial charge in [-0.05, 0) is 60.0 Å². The molecule has 0 aliphatic rings. The van der Waals surface area contributed by atoms with Crippen molar-refractivity contribution in [2.24, 2.45) is 5.73 Å². The van der Waals surface area contributed by atoms with Gasteiger partial charge in [-0.1, -0.05) is 48.0 Å². The summed E-state index contributed by atoms with van der Waals surface area (Å²) in [6.07, 6.45) is 3.18. The fraction of sp³-hybridized carbons (Fsp3) is 0.179. The highest BCUT2D eigenvalue weighted by Gasteiger charge is 2.19. The number of benzene rings is 3. The molecule has 1 heterocycles. The number of fused-ring (bicyclic) bond motifs is 1. The van der Waals surface area contributed by atoms with Gasteiger partial charge in [0.25, 0.3) is 0 Å². The topological polar surface area (TPSA) is 94.3 Å². The van der Waals surface area contributed by atoms with E-state index < -0.39 is 55.7 Å². The highest BCUT2D eigenvalue weighted by Crippen LogP contribution is 2.22. The second kappa shape index (κ2) is 13.0. The molecular weight excluding hydrogens is 497 g/mol. The normalized spacial score (nSPS) is 18.0. The van der Waals surface area contributed by atoms with Crippen LogP contribution in [0.25, 0.3) is 10.8 Å². The Hall–Kier alpha value is -3.45. The third kappa shape index (κ3) is 6.82. The number of rotatable bonds is 7. The van der Waals surface area contributed by atoms with E-state index in [-0.39, 0.29) is 47.2 Å². The van der Waals surface area contributed by atoms with Crippen molar-refractivity contribution < 1.29 is 29.4 Å². The van der Waals surface area contributed by atoms with E-state index in [1.54, 1.807) is 36.7 Å². The van der Waals surface area contributed by atoms with Gasteiger partial charge in [0, 0.05) is 42.3 Å². The maximum atomic E-state index is 13.3. The van der Waals surface area contributed by atoms with Crippen LogP contribution in [0.3, 0.4) is 0 Å². The minimum absolute atomic E-state index is 0. The first-order chi connectivity index (χ1) is 20.6. The zero-order chi connectivity index (χ0) is 33.6. The zero-order valence-electron chi connectivity index (χ0n) is 29.6. The first kappa shape index (κ1) is 16.3. The number of anilines is 1. The molecule has 0 aliphatic heterocycles. The summed E-state index contributed by atoms with van der Waals surface area (Å²) in [5, 5.41) is 4.03. The standard InChI is InChI=1S/C28H27N3O3.2ClH/c1-18-3-10-25(19(2)13-18)28(33)34-17-20-4-6-21(7-5-20)26(15-29)27(32)31-24-9-8-23-16-30-12-11-22(23)14-24;;/h3-14,16,26H,15,17,29H2,1-2H3,(H,31,32);2*1H/i1D3,2D3,15D2,17D2,26D;;. The Morgan fingerprint density at radius 1 is 1.06 bits per heavy atom. The molecular formula is C28H29Cl2N3O3. The van der Waals surface area contributed by atoms with Crippen LogP contribution >= 0.6 is 24.8 Å². The maximum Gasteiger partial charge on any atom is 0.338 e. The number of aryl methyl sites for hydroxylation is 2. The van der Waals surface area contributed by atoms with Gasteiger partial charge in [-0.3, -0.25) is 9.78 Å². The first-order valence-electron chi connectivity index (χ1n) is 15.6. The number of halogens is 2. The third-order valence-corrected chi connectivity index (χ3v) is 4.94. The molecule has 36 heavy (non-hydrogen) atoms. The predicted molar refractivity (Wildman–Crippen MR) is 148 cm³/mol. The number of carbonyl (C=O) groups excluding carboxylic acids is 2. The summed E-state index contributed by atoms with van der Waals surface area (Å²) in [5.74, 6) is -5.21. The number of ether oxygens (including phenoxy) is 1. The molecule has 1 amide bonds. The van der Waals surface area contributed by atoms with Crippen molar-refractivity contribution in [2.75, 3.05) is 11.8 Å². The highest BCUT2D eigenvalue weighted by atomic mass is 35.5. The van der Waals surface area contributed by atoms with Gasteiger partial charge >= 0.3 is 5.97 Å². The van der Waals surface area contributed by atoms with Crippen molar-refractivity contribution in [3.8, 4) is 0 Å². The van der Waals surface area contributed by atoms with Crippen LogP contribution in [0.2, 0.25) is 0 Å². The number of nitrogens with zero attached hydrogens (tertiary/aromatic N) is 1. The number of carbonyl (C=O) groups is 2. The van der Waals surface area contributed by atoms with Gasteiger partial charge in [0.1, 0.15) is 6.56 Å². The van der Waals surface area contributed by atoms with E-state index in [4.69, 9.17) is 25.5 Å². The lowest BCUT2D eigenvalue weighted by atomic mass is 9.97. The Morgan fingerprint density at radius 3 is 2.58 bits per heavy atom. The number of hydrogen-bond acceptors (Lipinski definition) is 5. The SMILES string of the molecule is Cl.Cl.[2H]C([2H])([2H])c1ccc(C(=O)OC([2H])([2H])c2ccc(C([2H])(C(=O)Nc3ccc4cnccc4c3)C([2H])([2H])N)cc2)c(C([2H])([2H])[2H])c1. The van der Waals surface area contributed by atoms with Crippen LogP contribution in [0.1, 0.15) is 53.6 Å². The van der Waals surface area contributed by atoms with Crippen molar-refractivity contribution >= 4 is 53.2 Å². The minimum Gasteiger partial charge on any atom is -0.457 e. The fourth-order valence-corrected chi connectivity index (χ4v) is 3.22. The number of aromatic nitrogens is 1. The summed E-state index contributed by atoms with van der Waals surface area (Å²) in [6.45, 7) is -11.4. The second-order valence-electron chi connectivity index (χ2n) is 7.24. The Bertz CT molecular complexity index is 1760. The van der Waals surface area contributed by atoms with Crippen LogP contribution in [0, 0.1) is 13.7 Å². The molecule has 3 N–H and O–H groups in total. The van der Waals surface area contributed by atoms with Gasteiger partial charge < -0.3 is 15.8 Å². The molecule has 0 radical (unpaired) electrons. The summed E-state index contributed by atoms with van der Waals surface area (Å²) in [4.78, 5) is 30.3. The molecule has 188 valence electrons. The van der Waals surface area contributed by atoms with Crippen LogP contribution < -0.4 is 11.1 Å². The molecule has 0 aliphatic carbocycles. The molecule has 0 saturated heterocycles. The average molecular weight is 538 g/mol. The summed E-state index contributed by atoms with van der Waals surface area (Å²) in [7, 11) is 0. The van der Waals surface area contributed by atoms with Crippen LogP contribution in [0.4, 0.5) is 5.69 Å². The maximum absolute atomic E-state index is 13.3. The molecule has 0 bridgehead atoms. The Labute approximate surface area is 238 Å². The highest BCUT2D eigenvalue weighted by molar-refractivity contribution is 5.98. The molecule has 4 aromatic rings.